The van der Waals surface area contributed by atoms with Crippen molar-refractivity contribution in [2.24, 2.45) is 46.3 Å². The fourth-order valence-corrected chi connectivity index (χ4v) is 9.10. The van der Waals surface area contributed by atoms with Crippen LogP contribution in [-0.2, 0) is 14.3 Å². The van der Waals surface area contributed by atoms with E-state index in [1.165, 1.54) is 56.9 Å². The van der Waals surface area contributed by atoms with Gasteiger partial charge in [-0.1, -0.05) is 65.5 Å². The van der Waals surface area contributed by atoms with Crippen molar-refractivity contribution in [3.8, 4) is 0 Å². The number of rotatable bonds is 8. The molecule has 35 heavy (non-hydrogen) atoms. The van der Waals surface area contributed by atoms with Crippen molar-refractivity contribution in [3.05, 3.63) is 23.8 Å². The molecule has 0 amide bonds. The second-order valence-electron chi connectivity index (χ2n) is 13.3. The Morgan fingerprint density at radius 1 is 1.06 bits per heavy atom. The van der Waals surface area contributed by atoms with E-state index >= 15 is 0 Å². The van der Waals surface area contributed by atoms with Gasteiger partial charge < -0.3 is 9.84 Å². The van der Waals surface area contributed by atoms with Gasteiger partial charge in [-0.25, -0.2) is 9.59 Å². The first kappa shape index (κ1) is 26.5. The number of carbonyl (C=O) groups is 2. The molecule has 4 aliphatic carbocycles. The number of esters is 1. The zero-order valence-electron chi connectivity index (χ0n) is 22.7. The molecule has 0 aromatic carbocycles. The van der Waals surface area contributed by atoms with Gasteiger partial charge in [0.1, 0.15) is 6.10 Å². The molecule has 4 rings (SSSR count). The van der Waals surface area contributed by atoms with Crippen LogP contribution >= 0.6 is 0 Å². The van der Waals surface area contributed by atoms with Crippen molar-refractivity contribution in [2.45, 2.75) is 111 Å². The lowest BCUT2D eigenvalue weighted by molar-refractivity contribution is -0.146. The Labute approximate surface area is 213 Å². The highest BCUT2D eigenvalue weighted by molar-refractivity contribution is 5.90. The number of carboxylic acids is 1. The van der Waals surface area contributed by atoms with Crippen molar-refractivity contribution in [2.75, 3.05) is 0 Å². The molecule has 4 aliphatic rings. The Bertz CT molecular complexity index is 856. The minimum Gasteiger partial charge on any atom is -0.478 e. The van der Waals surface area contributed by atoms with Crippen LogP contribution in [0.25, 0.3) is 0 Å². The Morgan fingerprint density at radius 2 is 1.83 bits per heavy atom. The minimum absolute atomic E-state index is 0.131. The lowest BCUT2D eigenvalue weighted by Crippen LogP contribution is -2.51. The van der Waals surface area contributed by atoms with Crippen LogP contribution in [0.3, 0.4) is 0 Å². The van der Waals surface area contributed by atoms with Crippen molar-refractivity contribution in [1.82, 2.24) is 0 Å². The van der Waals surface area contributed by atoms with Crippen LogP contribution in [0.15, 0.2) is 23.8 Å². The molecule has 0 bridgehead atoms. The summed E-state index contributed by atoms with van der Waals surface area (Å²) < 4.78 is 5.61. The fourth-order valence-electron chi connectivity index (χ4n) is 9.10. The Balaban J connectivity index is 1.42. The van der Waals surface area contributed by atoms with E-state index in [9.17, 15) is 9.59 Å². The van der Waals surface area contributed by atoms with E-state index < -0.39 is 11.9 Å². The van der Waals surface area contributed by atoms with Crippen molar-refractivity contribution in [3.63, 3.8) is 0 Å². The quantitative estimate of drug-likeness (QED) is 0.219. The van der Waals surface area contributed by atoms with Crippen molar-refractivity contribution >= 4 is 11.9 Å². The molecule has 1 unspecified atom stereocenters. The third-order valence-electron chi connectivity index (χ3n) is 10.9. The first-order valence-corrected chi connectivity index (χ1v) is 14.4. The molecular formula is C31H48O4. The number of allylic oxidation sites excluding steroid dienone is 1. The summed E-state index contributed by atoms with van der Waals surface area (Å²) in [6.45, 7) is 12.4. The summed E-state index contributed by atoms with van der Waals surface area (Å²) in [6, 6.07) is 0. The van der Waals surface area contributed by atoms with Gasteiger partial charge in [0.05, 0.1) is 0 Å². The normalized spacial score (nSPS) is 39.5. The maximum absolute atomic E-state index is 12.0. The number of hydrogen-bond acceptors (Lipinski definition) is 3. The molecule has 3 saturated carbocycles. The third kappa shape index (κ3) is 5.27. The molecule has 0 radical (unpaired) electrons. The summed E-state index contributed by atoms with van der Waals surface area (Å²) in [5, 5.41) is 8.75. The van der Waals surface area contributed by atoms with E-state index in [1.807, 2.05) is 0 Å². The van der Waals surface area contributed by atoms with Gasteiger partial charge in [0.15, 0.2) is 0 Å². The summed E-state index contributed by atoms with van der Waals surface area (Å²) in [5.41, 5.74) is 2.22. The number of carboxylic acid groups (broad SMARTS) is 1. The minimum atomic E-state index is -1.12. The van der Waals surface area contributed by atoms with Gasteiger partial charge in [0.2, 0.25) is 0 Å². The number of aliphatic carboxylic acids is 1. The van der Waals surface area contributed by atoms with Crippen LogP contribution in [-0.4, -0.2) is 23.1 Å². The van der Waals surface area contributed by atoms with E-state index in [4.69, 9.17) is 9.84 Å². The molecule has 0 heterocycles. The van der Waals surface area contributed by atoms with Gasteiger partial charge in [0, 0.05) is 18.6 Å². The highest BCUT2D eigenvalue weighted by Crippen LogP contribution is 2.67. The van der Waals surface area contributed by atoms with Crippen molar-refractivity contribution < 1.29 is 19.4 Å². The summed E-state index contributed by atoms with van der Waals surface area (Å²) >= 11 is 0. The largest absolute Gasteiger partial charge is 0.478 e. The maximum Gasteiger partial charge on any atom is 0.331 e. The molecule has 0 aliphatic heterocycles. The van der Waals surface area contributed by atoms with Crippen LogP contribution in [0.5, 0.6) is 0 Å². The van der Waals surface area contributed by atoms with E-state index in [0.717, 1.165) is 66.9 Å². The van der Waals surface area contributed by atoms with Crippen LogP contribution in [0, 0.1) is 46.3 Å². The molecule has 196 valence electrons. The lowest BCUT2D eigenvalue weighted by atomic mass is 9.47. The zero-order chi connectivity index (χ0) is 25.4. The second-order valence-corrected chi connectivity index (χ2v) is 13.3. The lowest BCUT2D eigenvalue weighted by Gasteiger charge is -2.58. The first-order chi connectivity index (χ1) is 16.5. The SMILES string of the molecule is CC(C)CCC[C@@H](C)[C@H]1CC[C@H]2[C@@H]3CC=C4CC(OC(=O)C=CC(=O)O)CC[C@]4(C)[C@H]3CC[C@]12C. The van der Waals surface area contributed by atoms with Crippen LogP contribution in [0.1, 0.15) is 105 Å². The summed E-state index contributed by atoms with van der Waals surface area (Å²) in [7, 11) is 0. The standard InChI is InChI=1S/C31H48O4/c1-20(2)7-6-8-21(3)25-11-12-26-24-10-9-22-19-23(35-29(34)14-13-28(32)33)15-17-30(22,4)27(24)16-18-31(25,26)5/h9,13-14,20-21,23-27H,6-8,10-12,15-19H2,1-5H3,(H,32,33)/t21-,23?,24+,25-,26+,27+,30+,31-/m1/s1. The average Bonchev–Trinajstić information content (AvgIpc) is 3.15. The molecule has 1 N–H and O–H groups in total. The summed E-state index contributed by atoms with van der Waals surface area (Å²) in [5.74, 6) is 3.27. The van der Waals surface area contributed by atoms with Gasteiger partial charge >= 0.3 is 11.9 Å². The molecule has 0 spiro atoms. The number of ether oxygens (including phenoxy) is 1. The molecular weight excluding hydrogens is 436 g/mol. The summed E-state index contributed by atoms with van der Waals surface area (Å²) in [6.07, 6.45) is 17.9. The molecule has 3 fully saturated rings. The van der Waals surface area contributed by atoms with Gasteiger partial charge in [-0.15, -0.1) is 0 Å². The number of carbonyl (C=O) groups excluding carboxylic acids is 1. The van der Waals surface area contributed by atoms with Crippen LogP contribution in [0.2, 0.25) is 0 Å². The molecule has 4 nitrogen and oxygen atoms in total. The monoisotopic (exact) mass is 484 g/mol. The third-order valence-corrected chi connectivity index (χ3v) is 10.9. The predicted molar refractivity (Wildman–Crippen MR) is 140 cm³/mol. The smallest absolute Gasteiger partial charge is 0.331 e. The Morgan fingerprint density at radius 3 is 2.54 bits per heavy atom. The zero-order valence-corrected chi connectivity index (χ0v) is 22.7. The molecule has 8 atom stereocenters. The Kier molecular flexibility index (Phi) is 7.88. The number of hydrogen-bond donors (Lipinski definition) is 1. The van der Waals surface area contributed by atoms with Gasteiger partial charge in [-0.05, 0) is 91.3 Å². The topological polar surface area (TPSA) is 63.6 Å². The Hall–Kier alpha value is -1.58. The van der Waals surface area contributed by atoms with Crippen LogP contribution in [0.4, 0.5) is 0 Å². The van der Waals surface area contributed by atoms with E-state index in [0.29, 0.717) is 5.41 Å². The highest BCUT2D eigenvalue weighted by atomic mass is 16.5. The maximum atomic E-state index is 12.0. The van der Waals surface area contributed by atoms with Crippen molar-refractivity contribution in [1.29, 1.82) is 0 Å². The highest BCUT2D eigenvalue weighted by Gasteiger charge is 2.59. The fraction of sp³-hybridized carbons (Fsp3) is 0.806. The number of fused-ring (bicyclic) bond motifs is 5. The molecule has 4 heteroatoms. The van der Waals surface area contributed by atoms with E-state index in [2.05, 4.69) is 40.7 Å². The second kappa shape index (κ2) is 10.4. The molecule has 0 aromatic heterocycles. The van der Waals surface area contributed by atoms with E-state index in [1.54, 1.807) is 0 Å². The van der Waals surface area contributed by atoms with Gasteiger partial charge in [-0.3, -0.25) is 0 Å². The van der Waals surface area contributed by atoms with Gasteiger partial charge in [0.25, 0.3) is 0 Å². The van der Waals surface area contributed by atoms with E-state index in [-0.39, 0.29) is 11.5 Å². The van der Waals surface area contributed by atoms with Crippen LogP contribution < -0.4 is 0 Å². The molecule has 0 aromatic rings. The van der Waals surface area contributed by atoms with Gasteiger partial charge in [-0.2, -0.15) is 0 Å². The predicted octanol–water partition coefficient (Wildman–Crippen LogP) is 7.58. The average molecular weight is 485 g/mol. The first-order valence-electron chi connectivity index (χ1n) is 14.4. The summed E-state index contributed by atoms with van der Waals surface area (Å²) in [4.78, 5) is 22.7. The molecule has 0 saturated heterocycles.